The van der Waals surface area contributed by atoms with Crippen molar-refractivity contribution in [3.8, 4) is 0 Å². The molecule has 1 atom stereocenters. The van der Waals surface area contributed by atoms with Gasteiger partial charge >= 0.3 is 0 Å². The van der Waals surface area contributed by atoms with Crippen LogP contribution >= 0.6 is 0 Å². The van der Waals surface area contributed by atoms with Crippen molar-refractivity contribution in [1.29, 1.82) is 0 Å². The van der Waals surface area contributed by atoms with Gasteiger partial charge in [-0.25, -0.2) is 0 Å². The first kappa shape index (κ1) is 29.8. The molecule has 0 spiro atoms. The Morgan fingerprint density at radius 1 is 0.879 bits per heavy atom. The van der Waals surface area contributed by atoms with Crippen molar-refractivity contribution >= 4 is 0 Å². The number of rotatable bonds is 22. The summed E-state index contributed by atoms with van der Waals surface area (Å²) in [7, 11) is 3.66. The molecule has 1 heterocycles. The Kier molecular flexibility index (Phi) is 19.2. The zero-order valence-electron chi connectivity index (χ0n) is 21.1. The molecule has 192 valence electrons. The van der Waals surface area contributed by atoms with Gasteiger partial charge in [0, 0.05) is 31.9 Å². The third kappa shape index (κ3) is 16.1. The van der Waals surface area contributed by atoms with E-state index in [-0.39, 0.29) is 6.04 Å². The first-order valence-corrected chi connectivity index (χ1v) is 12.2. The maximum atomic E-state index is 5.62. The van der Waals surface area contributed by atoms with Crippen LogP contribution in [-0.2, 0) is 23.7 Å². The van der Waals surface area contributed by atoms with Gasteiger partial charge in [-0.3, -0.25) is 0 Å². The van der Waals surface area contributed by atoms with Gasteiger partial charge in [0.1, 0.15) is 0 Å². The molecule has 1 rings (SSSR count). The number of allylic oxidation sites excluding steroid dienone is 2. The molecule has 0 saturated carbocycles. The van der Waals surface area contributed by atoms with Crippen molar-refractivity contribution in [2.75, 3.05) is 99.8 Å². The van der Waals surface area contributed by atoms with Gasteiger partial charge in [-0.1, -0.05) is 18.7 Å². The number of hydrogen-bond donors (Lipinski definition) is 2. The Bertz CT molecular complexity index is 536. The van der Waals surface area contributed by atoms with Crippen LogP contribution in [0.3, 0.4) is 0 Å². The van der Waals surface area contributed by atoms with Crippen molar-refractivity contribution in [1.82, 2.24) is 15.5 Å². The second-order valence-electron chi connectivity index (χ2n) is 7.87. The molecule has 33 heavy (non-hydrogen) atoms. The summed E-state index contributed by atoms with van der Waals surface area (Å²) in [5.41, 5.74) is 2.16. The van der Waals surface area contributed by atoms with E-state index >= 15 is 0 Å². The minimum atomic E-state index is 0.278. The van der Waals surface area contributed by atoms with Crippen LogP contribution in [0, 0.1) is 0 Å². The molecule has 1 aliphatic rings. The average Bonchev–Trinajstić information content (AvgIpc) is 3.35. The molecule has 0 amide bonds. The maximum Gasteiger partial charge on any atom is 0.0701 e. The summed E-state index contributed by atoms with van der Waals surface area (Å²) in [5, 5.41) is 6.78. The van der Waals surface area contributed by atoms with Crippen molar-refractivity contribution in [3.05, 3.63) is 36.1 Å². The summed E-state index contributed by atoms with van der Waals surface area (Å²) < 4.78 is 26.8. The molecule has 1 aliphatic heterocycles. The SMILES string of the molecule is C=C(/C=C\C(=C/C)NCCOCCOCCOCCOCCOC)[C@@H](CN1CCCC1)NC. The molecule has 0 bridgehead atoms. The van der Waals surface area contributed by atoms with E-state index in [1.165, 1.54) is 25.9 Å². The van der Waals surface area contributed by atoms with Gasteiger partial charge in [-0.2, -0.15) is 0 Å². The lowest BCUT2D eigenvalue weighted by Crippen LogP contribution is -2.39. The third-order valence-electron chi connectivity index (χ3n) is 5.35. The van der Waals surface area contributed by atoms with Crippen molar-refractivity contribution < 1.29 is 23.7 Å². The Morgan fingerprint density at radius 3 is 1.94 bits per heavy atom. The van der Waals surface area contributed by atoms with Crippen LogP contribution in [0.4, 0.5) is 0 Å². The third-order valence-corrected chi connectivity index (χ3v) is 5.35. The van der Waals surface area contributed by atoms with Crippen LogP contribution < -0.4 is 10.6 Å². The van der Waals surface area contributed by atoms with Crippen LogP contribution in [0.5, 0.6) is 0 Å². The summed E-state index contributed by atoms with van der Waals surface area (Å²) in [6.07, 6.45) is 8.86. The maximum absolute atomic E-state index is 5.62. The lowest BCUT2D eigenvalue weighted by Gasteiger charge is -2.23. The summed E-state index contributed by atoms with van der Waals surface area (Å²) in [5.74, 6) is 0. The fourth-order valence-corrected chi connectivity index (χ4v) is 3.36. The zero-order valence-corrected chi connectivity index (χ0v) is 21.1. The minimum Gasteiger partial charge on any atom is -0.383 e. The fraction of sp³-hybridized carbons (Fsp3) is 0.760. The Balaban J connectivity index is 2.00. The van der Waals surface area contributed by atoms with Gasteiger partial charge in [0.05, 0.1) is 59.5 Å². The van der Waals surface area contributed by atoms with E-state index in [9.17, 15) is 0 Å². The molecule has 1 fully saturated rings. The van der Waals surface area contributed by atoms with Crippen LogP contribution in [0.25, 0.3) is 0 Å². The van der Waals surface area contributed by atoms with Crippen molar-refractivity contribution in [3.63, 3.8) is 0 Å². The molecule has 0 aromatic heterocycles. The van der Waals surface area contributed by atoms with Crippen LogP contribution in [-0.4, -0.2) is 111 Å². The zero-order chi connectivity index (χ0) is 24.0. The molecule has 8 heteroatoms. The Morgan fingerprint density at radius 2 is 1.42 bits per heavy atom. The van der Waals surface area contributed by atoms with Gasteiger partial charge in [0.25, 0.3) is 0 Å². The largest absolute Gasteiger partial charge is 0.383 e. The van der Waals surface area contributed by atoms with Crippen LogP contribution in [0.15, 0.2) is 36.1 Å². The molecular formula is C25H47N3O5. The summed E-state index contributed by atoms with van der Waals surface area (Å²) in [6.45, 7) is 15.7. The average molecular weight is 470 g/mol. The number of likely N-dealkylation sites (N-methyl/N-ethyl adjacent to an activating group) is 1. The number of nitrogens with one attached hydrogen (secondary N) is 2. The molecule has 0 radical (unpaired) electrons. The molecule has 0 aromatic carbocycles. The second kappa shape index (κ2) is 21.3. The van der Waals surface area contributed by atoms with E-state index in [1.807, 2.05) is 14.0 Å². The highest BCUT2D eigenvalue weighted by atomic mass is 16.6. The number of hydrogen-bond acceptors (Lipinski definition) is 8. The van der Waals surface area contributed by atoms with Gasteiger partial charge in [-0.15, -0.1) is 0 Å². The van der Waals surface area contributed by atoms with Crippen molar-refractivity contribution in [2.24, 2.45) is 0 Å². The fourth-order valence-electron chi connectivity index (χ4n) is 3.36. The molecule has 0 aliphatic carbocycles. The highest BCUT2D eigenvalue weighted by Crippen LogP contribution is 2.11. The number of nitrogens with zero attached hydrogens (tertiary/aromatic N) is 1. The monoisotopic (exact) mass is 469 g/mol. The van der Waals surface area contributed by atoms with E-state index in [2.05, 4.69) is 40.3 Å². The van der Waals surface area contributed by atoms with Crippen LogP contribution in [0.1, 0.15) is 19.8 Å². The quantitative estimate of drug-likeness (QED) is 0.184. The van der Waals surface area contributed by atoms with Gasteiger partial charge in [0.2, 0.25) is 0 Å². The Labute approximate surface area is 201 Å². The van der Waals surface area contributed by atoms with Gasteiger partial charge < -0.3 is 39.2 Å². The number of methoxy groups -OCH3 is 1. The number of likely N-dealkylation sites (tertiary alicyclic amines) is 1. The van der Waals surface area contributed by atoms with Crippen LogP contribution in [0.2, 0.25) is 0 Å². The van der Waals surface area contributed by atoms with E-state index < -0.39 is 0 Å². The standard InChI is InChI=1S/C25H47N3O5/c1-5-24(9-8-23(2)25(26-3)22-28-11-6-7-12-28)27-10-13-30-16-17-32-20-21-33-19-18-31-15-14-29-4/h5,8-9,25-27H,2,6-7,10-22H2,1,3-4H3/b9-8-,24-5+/t25-/m1/s1. The topological polar surface area (TPSA) is 73.5 Å². The highest BCUT2D eigenvalue weighted by molar-refractivity contribution is 5.28. The van der Waals surface area contributed by atoms with E-state index in [0.717, 1.165) is 24.4 Å². The molecule has 1 saturated heterocycles. The second-order valence-corrected chi connectivity index (χ2v) is 7.87. The first-order valence-electron chi connectivity index (χ1n) is 12.2. The number of ether oxygens (including phenoxy) is 5. The lowest BCUT2D eigenvalue weighted by atomic mass is 10.1. The molecular weight excluding hydrogens is 422 g/mol. The van der Waals surface area contributed by atoms with E-state index in [1.54, 1.807) is 7.11 Å². The first-order chi connectivity index (χ1) is 16.2. The molecule has 8 nitrogen and oxygen atoms in total. The normalized spacial score (nSPS) is 16.0. The predicted molar refractivity (Wildman–Crippen MR) is 134 cm³/mol. The summed E-state index contributed by atoms with van der Waals surface area (Å²) >= 11 is 0. The van der Waals surface area contributed by atoms with Gasteiger partial charge in [0.15, 0.2) is 0 Å². The van der Waals surface area contributed by atoms with E-state index in [4.69, 9.17) is 23.7 Å². The Hall–Kier alpha value is -1.26. The van der Waals surface area contributed by atoms with Crippen molar-refractivity contribution in [2.45, 2.75) is 25.8 Å². The lowest BCUT2D eigenvalue weighted by molar-refractivity contribution is -0.00739. The van der Waals surface area contributed by atoms with Gasteiger partial charge in [-0.05, 0) is 51.6 Å². The van der Waals surface area contributed by atoms with E-state index in [0.29, 0.717) is 59.5 Å². The molecule has 0 aromatic rings. The predicted octanol–water partition coefficient (Wildman–Crippen LogP) is 1.99. The molecule has 2 N–H and O–H groups in total. The smallest absolute Gasteiger partial charge is 0.0701 e. The highest BCUT2D eigenvalue weighted by Gasteiger charge is 2.17. The summed E-state index contributed by atoms with van der Waals surface area (Å²) in [4.78, 5) is 2.50. The summed E-state index contributed by atoms with van der Waals surface area (Å²) in [6, 6.07) is 0.278. The minimum absolute atomic E-state index is 0.278. The molecule has 0 unspecified atom stereocenters.